The Labute approximate surface area is 113 Å². The molecule has 0 aliphatic rings. The molecule has 8 nitrogen and oxygen atoms in total. The number of nitrogens with one attached hydrogen (secondary N) is 1. The van der Waals surface area contributed by atoms with Crippen LogP contribution in [0.2, 0.25) is 0 Å². The van der Waals surface area contributed by atoms with Crippen molar-refractivity contribution in [1.29, 1.82) is 0 Å². The maximum atomic E-state index is 10.8. The number of aromatic nitrogens is 1. The molecule has 0 bridgehead atoms. The van der Waals surface area contributed by atoms with Crippen LogP contribution < -0.4 is 5.32 Å². The maximum Gasteiger partial charge on any atom is 0.287 e. The third-order valence-electron chi connectivity index (χ3n) is 2.61. The Morgan fingerprint density at radius 1 is 1.05 bits per heavy atom. The van der Waals surface area contributed by atoms with E-state index in [1.807, 2.05) is 0 Å². The number of hydrogen-bond donors (Lipinski definition) is 1. The molecule has 20 heavy (non-hydrogen) atoms. The highest BCUT2D eigenvalue weighted by Crippen LogP contribution is 2.19. The van der Waals surface area contributed by atoms with E-state index in [9.17, 15) is 20.2 Å². The van der Waals surface area contributed by atoms with Crippen molar-refractivity contribution in [1.82, 2.24) is 4.98 Å². The van der Waals surface area contributed by atoms with E-state index in [1.165, 1.54) is 18.2 Å². The van der Waals surface area contributed by atoms with E-state index in [0.29, 0.717) is 11.4 Å². The number of benzene rings is 1. The zero-order chi connectivity index (χ0) is 14.5. The topological polar surface area (TPSA) is 111 Å². The molecular formula is C12H10N4O4. The first-order chi connectivity index (χ1) is 9.58. The molecule has 2 rings (SSSR count). The number of pyridine rings is 1. The van der Waals surface area contributed by atoms with Crippen LogP contribution in [0.5, 0.6) is 0 Å². The van der Waals surface area contributed by atoms with Crippen molar-refractivity contribution >= 4 is 17.2 Å². The van der Waals surface area contributed by atoms with Crippen LogP contribution in [0.3, 0.4) is 0 Å². The molecule has 0 unspecified atom stereocenters. The Morgan fingerprint density at radius 2 is 1.80 bits per heavy atom. The van der Waals surface area contributed by atoms with Crippen LogP contribution in [0.15, 0.2) is 42.6 Å². The number of nitrogens with zero attached hydrogens (tertiary/aromatic N) is 3. The lowest BCUT2D eigenvalue weighted by Crippen LogP contribution is -2.04. The monoisotopic (exact) mass is 274 g/mol. The van der Waals surface area contributed by atoms with E-state index in [-0.39, 0.29) is 17.9 Å². The van der Waals surface area contributed by atoms with Crippen molar-refractivity contribution in [3.63, 3.8) is 0 Å². The van der Waals surface area contributed by atoms with Gasteiger partial charge in [0.15, 0.2) is 0 Å². The summed E-state index contributed by atoms with van der Waals surface area (Å²) < 4.78 is 0. The van der Waals surface area contributed by atoms with Crippen LogP contribution in [0.1, 0.15) is 5.56 Å². The van der Waals surface area contributed by atoms with Gasteiger partial charge in [-0.1, -0.05) is 18.2 Å². The van der Waals surface area contributed by atoms with Gasteiger partial charge in [-0.15, -0.1) is 0 Å². The van der Waals surface area contributed by atoms with E-state index < -0.39 is 9.85 Å². The van der Waals surface area contributed by atoms with Crippen LogP contribution >= 0.6 is 0 Å². The van der Waals surface area contributed by atoms with E-state index in [1.54, 1.807) is 18.2 Å². The highest BCUT2D eigenvalue weighted by atomic mass is 16.6. The molecule has 0 amide bonds. The fraction of sp³-hybridized carbons (Fsp3) is 0.0833. The van der Waals surface area contributed by atoms with Gasteiger partial charge in [0, 0.05) is 24.2 Å². The van der Waals surface area contributed by atoms with E-state index in [2.05, 4.69) is 10.3 Å². The summed E-state index contributed by atoms with van der Waals surface area (Å²) in [6.07, 6.45) is 1.13. The van der Waals surface area contributed by atoms with Gasteiger partial charge in [0.2, 0.25) is 0 Å². The average Bonchev–Trinajstić information content (AvgIpc) is 2.45. The molecule has 102 valence electrons. The molecule has 0 aliphatic carbocycles. The highest BCUT2D eigenvalue weighted by molar-refractivity contribution is 5.45. The van der Waals surface area contributed by atoms with Crippen LogP contribution in [-0.4, -0.2) is 14.8 Å². The first kappa shape index (κ1) is 13.4. The first-order valence-electron chi connectivity index (χ1n) is 5.64. The lowest BCUT2D eigenvalue weighted by atomic mass is 10.2. The molecule has 0 radical (unpaired) electrons. The Hall–Kier alpha value is -3.03. The Kier molecular flexibility index (Phi) is 3.85. The summed E-state index contributed by atoms with van der Waals surface area (Å²) in [6.45, 7) is 0.210. The first-order valence-corrected chi connectivity index (χ1v) is 5.64. The molecule has 0 atom stereocenters. The van der Waals surface area contributed by atoms with Gasteiger partial charge in [-0.3, -0.25) is 20.2 Å². The fourth-order valence-electron chi connectivity index (χ4n) is 1.62. The Morgan fingerprint density at radius 3 is 2.40 bits per heavy atom. The summed E-state index contributed by atoms with van der Waals surface area (Å²) in [5.74, 6) is 0.411. The van der Waals surface area contributed by atoms with Gasteiger partial charge in [0.1, 0.15) is 12.0 Å². The molecule has 0 spiro atoms. The zero-order valence-corrected chi connectivity index (χ0v) is 10.2. The summed E-state index contributed by atoms with van der Waals surface area (Å²) in [5, 5.41) is 24.2. The van der Waals surface area contributed by atoms with Crippen molar-refractivity contribution in [2.24, 2.45) is 0 Å². The quantitative estimate of drug-likeness (QED) is 0.662. The zero-order valence-electron chi connectivity index (χ0n) is 10.2. The molecule has 8 heteroatoms. The fourth-order valence-corrected chi connectivity index (χ4v) is 1.62. The molecule has 1 aromatic heterocycles. The second kappa shape index (κ2) is 5.74. The lowest BCUT2D eigenvalue weighted by molar-refractivity contribution is -0.385. The van der Waals surface area contributed by atoms with Crippen molar-refractivity contribution in [3.8, 4) is 0 Å². The minimum Gasteiger partial charge on any atom is -0.366 e. The van der Waals surface area contributed by atoms with Gasteiger partial charge >= 0.3 is 0 Å². The van der Waals surface area contributed by atoms with Gasteiger partial charge in [0.05, 0.1) is 9.85 Å². The maximum absolute atomic E-state index is 10.8. The SMILES string of the molecule is O=[N+]([O-])c1ccc(NCc2ccccc2[N+](=O)[O-])nc1. The van der Waals surface area contributed by atoms with Crippen LogP contribution in [0, 0.1) is 20.2 Å². The predicted octanol–water partition coefficient (Wildman–Crippen LogP) is 2.51. The van der Waals surface area contributed by atoms with Gasteiger partial charge in [-0.05, 0) is 6.07 Å². The average molecular weight is 274 g/mol. The molecule has 2 aromatic rings. The molecule has 0 fully saturated rings. The molecule has 0 aliphatic heterocycles. The lowest BCUT2D eigenvalue weighted by Gasteiger charge is -2.05. The minimum atomic E-state index is -0.543. The second-order valence-electron chi connectivity index (χ2n) is 3.90. The largest absolute Gasteiger partial charge is 0.366 e. The molecule has 1 aromatic carbocycles. The van der Waals surface area contributed by atoms with Crippen LogP contribution in [0.4, 0.5) is 17.2 Å². The summed E-state index contributed by atoms with van der Waals surface area (Å²) in [7, 11) is 0. The van der Waals surface area contributed by atoms with E-state index in [0.717, 1.165) is 6.20 Å². The van der Waals surface area contributed by atoms with Gasteiger partial charge in [0.25, 0.3) is 11.4 Å². The number of hydrogen-bond acceptors (Lipinski definition) is 6. The Balaban J connectivity index is 2.09. The van der Waals surface area contributed by atoms with Crippen molar-refractivity contribution < 1.29 is 9.85 Å². The number of nitro benzene ring substituents is 1. The smallest absolute Gasteiger partial charge is 0.287 e. The van der Waals surface area contributed by atoms with Crippen LogP contribution in [-0.2, 0) is 6.54 Å². The van der Waals surface area contributed by atoms with E-state index in [4.69, 9.17) is 0 Å². The molecule has 0 saturated heterocycles. The molecule has 1 N–H and O–H groups in total. The second-order valence-corrected chi connectivity index (χ2v) is 3.90. The number of rotatable bonds is 5. The van der Waals surface area contributed by atoms with Gasteiger partial charge in [-0.25, -0.2) is 4.98 Å². The standard InChI is InChI=1S/C12H10N4O4/c17-15(18)10-5-6-12(14-8-10)13-7-9-3-1-2-4-11(9)16(19)20/h1-6,8H,7H2,(H,13,14). The molecule has 0 saturated carbocycles. The van der Waals surface area contributed by atoms with Gasteiger partial charge < -0.3 is 5.32 Å². The summed E-state index contributed by atoms with van der Waals surface area (Å²) in [5.41, 5.74) is 0.417. The number of para-hydroxylation sites is 1. The summed E-state index contributed by atoms with van der Waals surface area (Å²) >= 11 is 0. The number of anilines is 1. The normalized spacial score (nSPS) is 10.0. The molecule has 1 heterocycles. The summed E-state index contributed by atoms with van der Waals surface area (Å²) in [4.78, 5) is 24.2. The van der Waals surface area contributed by atoms with Crippen molar-refractivity contribution in [2.75, 3.05) is 5.32 Å². The summed E-state index contributed by atoms with van der Waals surface area (Å²) in [6, 6.07) is 9.11. The third-order valence-corrected chi connectivity index (χ3v) is 2.61. The van der Waals surface area contributed by atoms with Gasteiger partial charge in [-0.2, -0.15) is 0 Å². The van der Waals surface area contributed by atoms with Crippen LogP contribution in [0.25, 0.3) is 0 Å². The minimum absolute atomic E-state index is 0.0157. The van der Waals surface area contributed by atoms with E-state index >= 15 is 0 Å². The van der Waals surface area contributed by atoms with Crippen molar-refractivity contribution in [3.05, 3.63) is 68.4 Å². The highest BCUT2D eigenvalue weighted by Gasteiger charge is 2.12. The third kappa shape index (κ3) is 3.05. The van der Waals surface area contributed by atoms with Crippen molar-refractivity contribution in [2.45, 2.75) is 6.54 Å². The Bertz CT molecular complexity index is 642. The predicted molar refractivity (Wildman–Crippen MR) is 71.3 cm³/mol. The molecular weight excluding hydrogens is 264 g/mol. The number of nitro groups is 2.